The van der Waals surface area contributed by atoms with Gasteiger partial charge in [0.25, 0.3) is 5.91 Å². The molecule has 0 radical (unpaired) electrons. The number of carbonyl (C=O) groups is 1. The zero-order valence-electron chi connectivity index (χ0n) is 14.6. The minimum Gasteiger partial charge on any atom is -0.363 e. The van der Waals surface area contributed by atoms with Gasteiger partial charge >= 0.3 is 0 Å². The van der Waals surface area contributed by atoms with Crippen molar-refractivity contribution in [1.29, 1.82) is 0 Å². The Morgan fingerprint density at radius 1 is 1.24 bits per heavy atom. The third-order valence-corrected chi connectivity index (χ3v) is 5.53. The molecule has 2 aliphatic heterocycles. The molecule has 0 aliphatic carbocycles. The molecular weight excluding hydrogens is 337 g/mol. The summed E-state index contributed by atoms with van der Waals surface area (Å²) in [6.07, 6.45) is 6.34. The van der Waals surface area contributed by atoms with Gasteiger partial charge in [0, 0.05) is 30.2 Å². The maximum Gasteiger partial charge on any atom is 0.251 e. The first kappa shape index (κ1) is 18.1. The number of nitrogens with zero attached hydrogens (tertiary/aromatic N) is 1. The smallest absolute Gasteiger partial charge is 0.251 e. The van der Waals surface area contributed by atoms with Gasteiger partial charge in [0.2, 0.25) is 0 Å². The van der Waals surface area contributed by atoms with Crippen molar-refractivity contribution in [1.82, 2.24) is 15.5 Å². The summed E-state index contributed by atoms with van der Waals surface area (Å²) in [5, 5.41) is 7.35. The molecule has 6 heteroatoms. The van der Waals surface area contributed by atoms with E-state index in [0.717, 1.165) is 43.8 Å². The predicted molar refractivity (Wildman–Crippen MR) is 101 cm³/mol. The van der Waals surface area contributed by atoms with Crippen molar-refractivity contribution >= 4 is 23.2 Å². The van der Waals surface area contributed by atoms with E-state index in [1.54, 1.807) is 0 Å². The number of carbonyl (C=O) groups excluding carboxylic acids is 1. The number of amides is 1. The number of benzene rings is 1. The minimum atomic E-state index is -0.326. The summed E-state index contributed by atoms with van der Waals surface area (Å²) in [6.45, 7) is 3.03. The van der Waals surface area contributed by atoms with Crippen LogP contribution in [0.2, 0.25) is 0 Å². The molecule has 1 amide bonds. The van der Waals surface area contributed by atoms with Gasteiger partial charge in [-0.05, 0) is 75.0 Å². The zero-order valence-corrected chi connectivity index (χ0v) is 15.4. The van der Waals surface area contributed by atoms with E-state index in [1.807, 2.05) is 0 Å². The SMILES string of the molecule is CCCNC(=S)N1C2CCCC1CC(NC(=O)c1ccc(F)cc1)C2. The highest BCUT2D eigenvalue weighted by Gasteiger charge is 2.39. The van der Waals surface area contributed by atoms with Crippen molar-refractivity contribution in [3.05, 3.63) is 35.6 Å². The van der Waals surface area contributed by atoms with E-state index in [2.05, 4.69) is 22.5 Å². The standard InChI is InChI=1S/C19H26FN3OS/c1-2-10-21-19(25)23-16-4-3-5-17(23)12-15(11-16)22-18(24)13-6-8-14(20)9-7-13/h6-9,15-17H,2-5,10-12H2,1H3,(H,21,25)(H,22,24). The van der Waals surface area contributed by atoms with Crippen LogP contribution in [0.3, 0.4) is 0 Å². The highest BCUT2D eigenvalue weighted by Crippen LogP contribution is 2.34. The fourth-order valence-electron chi connectivity index (χ4n) is 4.02. The monoisotopic (exact) mass is 363 g/mol. The summed E-state index contributed by atoms with van der Waals surface area (Å²) in [7, 11) is 0. The Hall–Kier alpha value is -1.69. The largest absolute Gasteiger partial charge is 0.363 e. The molecule has 25 heavy (non-hydrogen) atoms. The predicted octanol–water partition coefficient (Wildman–Crippen LogP) is 3.23. The van der Waals surface area contributed by atoms with Crippen LogP contribution in [0.4, 0.5) is 4.39 Å². The number of fused-ring (bicyclic) bond motifs is 2. The molecule has 1 aromatic rings. The second-order valence-electron chi connectivity index (χ2n) is 7.03. The van der Waals surface area contributed by atoms with Crippen LogP contribution in [0.15, 0.2) is 24.3 Å². The highest BCUT2D eigenvalue weighted by atomic mass is 32.1. The summed E-state index contributed by atoms with van der Waals surface area (Å²) in [6, 6.07) is 6.65. The van der Waals surface area contributed by atoms with Crippen LogP contribution in [0.1, 0.15) is 55.8 Å². The van der Waals surface area contributed by atoms with Crippen LogP contribution in [-0.2, 0) is 0 Å². The molecule has 1 aromatic carbocycles. The molecule has 0 saturated carbocycles. The molecule has 2 heterocycles. The molecular formula is C19H26FN3OS. The summed E-state index contributed by atoms with van der Waals surface area (Å²) in [5.74, 6) is -0.448. The first-order chi connectivity index (χ1) is 12.1. The van der Waals surface area contributed by atoms with Crippen LogP contribution in [0, 0.1) is 5.82 Å². The Morgan fingerprint density at radius 3 is 2.48 bits per heavy atom. The molecule has 2 saturated heterocycles. The molecule has 4 nitrogen and oxygen atoms in total. The van der Waals surface area contributed by atoms with E-state index in [1.165, 1.54) is 30.7 Å². The van der Waals surface area contributed by atoms with Crippen LogP contribution in [0.5, 0.6) is 0 Å². The molecule has 2 unspecified atom stereocenters. The number of piperidine rings is 2. The van der Waals surface area contributed by atoms with Crippen molar-refractivity contribution in [3.8, 4) is 0 Å². The first-order valence-electron chi connectivity index (χ1n) is 9.21. The lowest BCUT2D eigenvalue weighted by Crippen LogP contribution is -2.60. The van der Waals surface area contributed by atoms with Crippen molar-refractivity contribution in [2.24, 2.45) is 0 Å². The van der Waals surface area contributed by atoms with Gasteiger partial charge in [-0.2, -0.15) is 0 Å². The van der Waals surface area contributed by atoms with E-state index in [4.69, 9.17) is 12.2 Å². The summed E-state index contributed by atoms with van der Waals surface area (Å²) in [5.41, 5.74) is 0.508. The Bertz CT molecular complexity index is 608. The topological polar surface area (TPSA) is 44.4 Å². The molecule has 2 fully saturated rings. The Balaban J connectivity index is 1.62. The van der Waals surface area contributed by atoms with Gasteiger partial charge in [-0.25, -0.2) is 4.39 Å². The lowest BCUT2D eigenvalue weighted by molar-refractivity contribution is 0.0740. The van der Waals surface area contributed by atoms with Crippen LogP contribution in [0.25, 0.3) is 0 Å². The molecule has 136 valence electrons. The van der Waals surface area contributed by atoms with Crippen LogP contribution >= 0.6 is 12.2 Å². The zero-order chi connectivity index (χ0) is 17.8. The fourth-order valence-corrected chi connectivity index (χ4v) is 4.42. The van der Waals surface area contributed by atoms with Crippen molar-refractivity contribution in [2.75, 3.05) is 6.54 Å². The van der Waals surface area contributed by atoms with Crippen LogP contribution in [-0.4, -0.2) is 40.6 Å². The number of thiocarbonyl (C=S) groups is 1. The lowest BCUT2D eigenvalue weighted by atomic mass is 9.82. The second-order valence-corrected chi connectivity index (χ2v) is 7.41. The molecule has 3 rings (SSSR count). The average molecular weight is 364 g/mol. The van der Waals surface area contributed by atoms with Gasteiger partial charge < -0.3 is 15.5 Å². The Labute approximate surface area is 154 Å². The van der Waals surface area contributed by atoms with Gasteiger partial charge in [-0.1, -0.05) is 6.92 Å². The lowest BCUT2D eigenvalue weighted by Gasteiger charge is -2.50. The van der Waals surface area contributed by atoms with Crippen molar-refractivity contribution in [2.45, 2.75) is 63.6 Å². The van der Waals surface area contributed by atoms with E-state index in [-0.39, 0.29) is 17.8 Å². The Kier molecular flexibility index (Phi) is 5.89. The number of rotatable bonds is 4. The third-order valence-electron chi connectivity index (χ3n) is 5.18. The molecule has 2 N–H and O–H groups in total. The van der Waals surface area contributed by atoms with Gasteiger partial charge in [0.05, 0.1) is 0 Å². The van der Waals surface area contributed by atoms with Gasteiger partial charge in [-0.3, -0.25) is 4.79 Å². The molecule has 0 spiro atoms. The highest BCUT2D eigenvalue weighted by molar-refractivity contribution is 7.80. The number of nitrogens with one attached hydrogen (secondary N) is 2. The maximum atomic E-state index is 13.0. The molecule has 2 aliphatic rings. The summed E-state index contributed by atoms with van der Waals surface area (Å²) >= 11 is 5.60. The Morgan fingerprint density at radius 2 is 1.88 bits per heavy atom. The van der Waals surface area contributed by atoms with E-state index in [9.17, 15) is 9.18 Å². The third kappa shape index (κ3) is 4.29. The van der Waals surface area contributed by atoms with Gasteiger partial charge in [0.15, 0.2) is 5.11 Å². The first-order valence-corrected chi connectivity index (χ1v) is 9.62. The number of hydrogen-bond acceptors (Lipinski definition) is 2. The van der Waals surface area contributed by atoms with Crippen LogP contribution < -0.4 is 10.6 Å². The van der Waals surface area contributed by atoms with Gasteiger partial charge in [-0.15, -0.1) is 0 Å². The normalized spacial score (nSPS) is 25.4. The van der Waals surface area contributed by atoms with Gasteiger partial charge in [0.1, 0.15) is 5.82 Å². The maximum absolute atomic E-state index is 13.0. The van der Waals surface area contributed by atoms with Crippen molar-refractivity contribution in [3.63, 3.8) is 0 Å². The quantitative estimate of drug-likeness (QED) is 0.806. The minimum absolute atomic E-state index is 0.122. The average Bonchev–Trinajstić information content (AvgIpc) is 2.59. The summed E-state index contributed by atoms with van der Waals surface area (Å²) in [4.78, 5) is 14.8. The van der Waals surface area contributed by atoms with Crippen molar-refractivity contribution < 1.29 is 9.18 Å². The fraction of sp³-hybridized carbons (Fsp3) is 0.579. The summed E-state index contributed by atoms with van der Waals surface area (Å²) < 4.78 is 13.0. The van der Waals surface area contributed by atoms with E-state index < -0.39 is 0 Å². The molecule has 2 bridgehead atoms. The van der Waals surface area contributed by atoms with E-state index in [0.29, 0.717) is 17.6 Å². The second kappa shape index (κ2) is 8.13. The van der Waals surface area contributed by atoms with E-state index >= 15 is 0 Å². The molecule has 2 atom stereocenters. The number of halogens is 1. The number of hydrogen-bond donors (Lipinski definition) is 2. The molecule has 0 aromatic heterocycles.